The SMILES string of the molecule is CC1(C)C(=O)NC(=O)CN1Cc1ccnc(Cl)n1. The molecule has 1 N–H and O–H groups in total. The number of amides is 2. The van der Waals surface area contributed by atoms with Crippen LogP contribution in [0.15, 0.2) is 12.3 Å². The highest BCUT2D eigenvalue weighted by Gasteiger charge is 2.40. The van der Waals surface area contributed by atoms with Gasteiger partial charge in [-0.3, -0.25) is 19.8 Å². The molecule has 0 unspecified atom stereocenters. The summed E-state index contributed by atoms with van der Waals surface area (Å²) in [6.45, 7) is 4.05. The number of hydrogen-bond acceptors (Lipinski definition) is 5. The molecule has 96 valence electrons. The van der Waals surface area contributed by atoms with Gasteiger partial charge in [-0.05, 0) is 31.5 Å². The molecule has 2 heterocycles. The lowest BCUT2D eigenvalue weighted by atomic mass is 9.98. The predicted octanol–water partition coefficient (Wildman–Crippen LogP) is 0.367. The number of halogens is 1. The Morgan fingerprint density at radius 2 is 2.22 bits per heavy atom. The van der Waals surface area contributed by atoms with Crippen LogP contribution in [0.5, 0.6) is 0 Å². The highest BCUT2D eigenvalue weighted by Crippen LogP contribution is 2.20. The summed E-state index contributed by atoms with van der Waals surface area (Å²) in [5, 5.41) is 2.47. The molecule has 2 amide bonds. The second-order valence-electron chi connectivity index (χ2n) is 4.61. The van der Waals surface area contributed by atoms with Crippen LogP contribution in [0.2, 0.25) is 5.28 Å². The molecular weight excluding hydrogens is 256 g/mol. The van der Waals surface area contributed by atoms with Gasteiger partial charge in [-0.2, -0.15) is 0 Å². The molecule has 0 aliphatic carbocycles. The number of nitrogens with one attached hydrogen (secondary N) is 1. The summed E-state index contributed by atoms with van der Waals surface area (Å²) < 4.78 is 0. The number of carbonyl (C=O) groups excluding carboxylic acids is 2. The third-order valence-corrected chi connectivity index (χ3v) is 3.15. The Hall–Kier alpha value is -1.53. The fourth-order valence-electron chi connectivity index (χ4n) is 1.74. The van der Waals surface area contributed by atoms with E-state index in [1.165, 1.54) is 0 Å². The minimum atomic E-state index is -0.759. The van der Waals surface area contributed by atoms with Crippen LogP contribution in [0.3, 0.4) is 0 Å². The Balaban J connectivity index is 2.21. The predicted molar refractivity (Wildman–Crippen MR) is 64.7 cm³/mol. The monoisotopic (exact) mass is 268 g/mol. The number of nitrogens with zero attached hydrogens (tertiary/aromatic N) is 3. The zero-order valence-electron chi connectivity index (χ0n) is 10.1. The molecule has 2 rings (SSSR count). The van der Waals surface area contributed by atoms with E-state index in [-0.39, 0.29) is 23.6 Å². The van der Waals surface area contributed by atoms with Gasteiger partial charge in [0, 0.05) is 12.7 Å². The summed E-state index contributed by atoms with van der Waals surface area (Å²) in [5.41, 5.74) is -0.0868. The molecule has 18 heavy (non-hydrogen) atoms. The molecule has 0 bridgehead atoms. The summed E-state index contributed by atoms with van der Waals surface area (Å²) in [5.74, 6) is -0.613. The number of carbonyl (C=O) groups is 2. The topological polar surface area (TPSA) is 75.2 Å². The maximum Gasteiger partial charge on any atom is 0.246 e. The van der Waals surface area contributed by atoms with Crippen LogP contribution in [-0.4, -0.2) is 38.8 Å². The van der Waals surface area contributed by atoms with Crippen molar-refractivity contribution in [2.75, 3.05) is 6.54 Å². The van der Waals surface area contributed by atoms with Crippen molar-refractivity contribution in [1.82, 2.24) is 20.2 Å². The maximum absolute atomic E-state index is 11.8. The summed E-state index contributed by atoms with van der Waals surface area (Å²) in [6, 6.07) is 1.71. The van der Waals surface area contributed by atoms with Crippen molar-refractivity contribution < 1.29 is 9.59 Å². The first-order valence-electron chi connectivity index (χ1n) is 5.46. The molecule has 1 aliphatic rings. The first-order chi connectivity index (χ1) is 8.39. The molecule has 6 nitrogen and oxygen atoms in total. The Labute approximate surface area is 109 Å². The first kappa shape index (κ1) is 12.9. The van der Waals surface area contributed by atoms with Gasteiger partial charge < -0.3 is 0 Å². The molecule has 1 fully saturated rings. The van der Waals surface area contributed by atoms with E-state index in [1.807, 2.05) is 0 Å². The molecule has 7 heteroatoms. The average molecular weight is 269 g/mol. The molecule has 1 saturated heterocycles. The normalized spacial score (nSPS) is 19.7. The van der Waals surface area contributed by atoms with E-state index >= 15 is 0 Å². The zero-order chi connectivity index (χ0) is 13.3. The highest BCUT2D eigenvalue weighted by molar-refractivity contribution is 6.28. The van der Waals surface area contributed by atoms with Crippen molar-refractivity contribution in [3.63, 3.8) is 0 Å². The number of aromatic nitrogens is 2. The Kier molecular flexibility index (Phi) is 3.32. The van der Waals surface area contributed by atoms with E-state index in [9.17, 15) is 9.59 Å². The van der Waals surface area contributed by atoms with Crippen LogP contribution < -0.4 is 5.32 Å². The molecule has 0 radical (unpaired) electrons. The summed E-state index contributed by atoms with van der Waals surface area (Å²) in [7, 11) is 0. The van der Waals surface area contributed by atoms with Crippen molar-refractivity contribution in [2.24, 2.45) is 0 Å². The molecular formula is C11H13ClN4O2. The van der Waals surface area contributed by atoms with Crippen LogP contribution >= 0.6 is 11.6 Å². The summed E-state index contributed by atoms with van der Waals surface area (Å²) in [6.07, 6.45) is 1.55. The van der Waals surface area contributed by atoms with Gasteiger partial charge in [0.25, 0.3) is 0 Å². The fraction of sp³-hybridized carbons (Fsp3) is 0.455. The Morgan fingerprint density at radius 3 is 2.89 bits per heavy atom. The lowest BCUT2D eigenvalue weighted by Crippen LogP contribution is -2.63. The summed E-state index contributed by atoms with van der Waals surface area (Å²) >= 11 is 5.70. The number of imide groups is 1. The van der Waals surface area contributed by atoms with Gasteiger partial charge in [0.2, 0.25) is 17.1 Å². The highest BCUT2D eigenvalue weighted by atomic mass is 35.5. The van der Waals surface area contributed by atoms with Crippen molar-refractivity contribution >= 4 is 23.4 Å². The molecule has 1 aromatic rings. The third kappa shape index (κ3) is 2.49. The van der Waals surface area contributed by atoms with Gasteiger partial charge in [-0.15, -0.1) is 0 Å². The number of hydrogen-bond donors (Lipinski definition) is 1. The van der Waals surface area contributed by atoms with Gasteiger partial charge in [0.05, 0.1) is 17.8 Å². The molecule has 0 saturated carbocycles. The lowest BCUT2D eigenvalue weighted by Gasteiger charge is -2.39. The van der Waals surface area contributed by atoms with Crippen LogP contribution in [0.1, 0.15) is 19.5 Å². The van der Waals surface area contributed by atoms with E-state index in [0.717, 1.165) is 0 Å². The van der Waals surface area contributed by atoms with Gasteiger partial charge in [-0.25, -0.2) is 9.97 Å². The van der Waals surface area contributed by atoms with Crippen molar-refractivity contribution in [3.05, 3.63) is 23.2 Å². The van der Waals surface area contributed by atoms with Crippen LogP contribution in [0.25, 0.3) is 0 Å². The zero-order valence-corrected chi connectivity index (χ0v) is 10.9. The van der Waals surface area contributed by atoms with Gasteiger partial charge in [0.15, 0.2) is 0 Å². The lowest BCUT2D eigenvalue weighted by molar-refractivity contribution is -0.145. The Morgan fingerprint density at radius 1 is 1.50 bits per heavy atom. The summed E-state index contributed by atoms with van der Waals surface area (Å²) in [4.78, 5) is 32.8. The van der Waals surface area contributed by atoms with Crippen molar-refractivity contribution in [1.29, 1.82) is 0 Å². The van der Waals surface area contributed by atoms with Gasteiger partial charge in [0.1, 0.15) is 0 Å². The molecule has 0 aromatic carbocycles. The van der Waals surface area contributed by atoms with Crippen LogP contribution in [0, 0.1) is 0 Å². The van der Waals surface area contributed by atoms with Gasteiger partial charge in [-0.1, -0.05) is 0 Å². The van der Waals surface area contributed by atoms with Gasteiger partial charge >= 0.3 is 0 Å². The second-order valence-corrected chi connectivity index (χ2v) is 4.95. The smallest absolute Gasteiger partial charge is 0.246 e. The van der Waals surface area contributed by atoms with Crippen molar-refractivity contribution in [3.8, 4) is 0 Å². The molecule has 0 spiro atoms. The van der Waals surface area contributed by atoms with E-state index in [0.29, 0.717) is 12.2 Å². The quantitative estimate of drug-likeness (QED) is 0.619. The minimum absolute atomic E-state index is 0.151. The van der Waals surface area contributed by atoms with Crippen molar-refractivity contribution in [2.45, 2.75) is 25.9 Å². The minimum Gasteiger partial charge on any atom is -0.294 e. The average Bonchev–Trinajstić information content (AvgIpc) is 2.26. The molecule has 1 aromatic heterocycles. The largest absolute Gasteiger partial charge is 0.294 e. The van der Waals surface area contributed by atoms with E-state index < -0.39 is 5.54 Å². The fourth-order valence-corrected chi connectivity index (χ4v) is 1.91. The molecule has 0 atom stereocenters. The van der Waals surface area contributed by atoms with E-state index in [1.54, 1.807) is 31.0 Å². The standard InChI is InChI=1S/C11H13ClN4O2/c1-11(2)9(18)15-8(17)6-16(11)5-7-3-4-13-10(12)14-7/h3-4H,5-6H2,1-2H3,(H,15,17,18). The Bertz CT molecular complexity index is 504. The molecule has 1 aliphatic heterocycles. The number of piperazine rings is 1. The number of rotatable bonds is 2. The first-order valence-corrected chi connectivity index (χ1v) is 5.84. The second kappa shape index (κ2) is 4.62. The maximum atomic E-state index is 11.8. The van der Waals surface area contributed by atoms with E-state index in [2.05, 4.69) is 15.3 Å². The van der Waals surface area contributed by atoms with E-state index in [4.69, 9.17) is 11.6 Å². The van der Waals surface area contributed by atoms with Crippen LogP contribution in [0.4, 0.5) is 0 Å². The third-order valence-electron chi connectivity index (χ3n) is 2.97. The van der Waals surface area contributed by atoms with Crippen LogP contribution in [-0.2, 0) is 16.1 Å².